The van der Waals surface area contributed by atoms with E-state index in [-0.39, 0.29) is 17.7 Å². The average molecular weight is 661 g/mol. The van der Waals surface area contributed by atoms with Crippen molar-refractivity contribution < 1.29 is 19.1 Å². The third kappa shape index (κ3) is 7.82. The van der Waals surface area contributed by atoms with Crippen LogP contribution in [0.2, 0.25) is 0 Å². The Labute approximate surface area is 254 Å². The maximum absolute atomic E-state index is 13.6. The molecule has 41 heavy (non-hydrogen) atoms. The van der Waals surface area contributed by atoms with E-state index in [1.54, 1.807) is 24.3 Å². The summed E-state index contributed by atoms with van der Waals surface area (Å²) in [7, 11) is 1.32. The molecule has 4 aromatic carbocycles. The molecule has 2 amide bonds. The van der Waals surface area contributed by atoms with Crippen LogP contribution in [0.5, 0.6) is 0 Å². The van der Waals surface area contributed by atoms with E-state index in [0.29, 0.717) is 16.8 Å². The van der Waals surface area contributed by atoms with Gasteiger partial charge >= 0.3 is 5.97 Å². The predicted molar refractivity (Wildman–Crippen MR) is 171 cm³/mol. The van der Waals surface area contributed by atoms with Gasteiger partial charge in [-0.2, -0.15) is 0 Å². The maximum Gasteiger partial charge on any atom is 0.307 e. The van der Waals surface area contributed by atoms with Gasteiger partial charge in [-0.25, -0.2) is 0 Å². The molecule has 7 heteroatoms. The van der Waals surface area contributed by atoms with Gasteiger partial charge in [0, 0.05) is 9.13 Å². The van der Waals surface area contributed by atoms with Crippen LogP contribution in [0.1, 0.15) is 65.1 Å². The van der Waals surface area contributed by atoms with E-state index in [1.165, 1.54) is 7.11 Å². The van der Waals surface area contributed by atoms with Crippen molar-refractivity contribution in [3.63, 3.8) is 0 Å². The molecule has 0 heterocycles. The number of nitrogens with one attached hydrogen (secondary N) is 2. The van der Waals surface area contributed by atoms with Crippen molar-refractivity contribution in [2.24, 2.45) is 0 Å². The highest BCUT2D eigenvalue weighted by Crippen LogP contribution is 2.27. The molecule has 0 fully saturated rings. The largest absolute Gasteiger partial charge is 0.469 e. The number of methoxy groups -OCH3 is 1. The summed E-state index contributed by atoms with van der Waals surface area (Å²) in [4.78, 5) is 39.0. The van der Waals surface area contributed by atoms with Crippen molar-refractivity contribution in [2.75, 3.05) is 12.4 Å². The van der Waals surface area contributed by atoms with Crippen molar-refractivity contribution in [1.29, 1.82) is 0 Å². The first-order valence-electron chi connectivity index (χ1n) is 13.3. The molecule has 1 atom stereocenters. The highest BCUT2D eigenvalue weighted by Gasteiger charge is 2.23. The number of ether oxygens (including phenoxy) is 1. The van der Waals surface area contributed by atoms with Crippen LogP contribution in [-0.2, 0) is 14.9 Å². The summed E-state index contributed by atoms with van der Waals surface area (Å²) < 4.78 is 5.74. The van der Waals surface area contributed by atoms with Crippen LogP contribution >= 0.6 is 22.6 Å². The molecule has 0 saturated carbocycles. The molecule has 0 radical (unpaired) electrons. The van der Waals surface area contributed by atoms with Crippen molar-refractivity contribution in [1.82, 2.24) is 5.32 Å². The van der Waals surface area contributed by atoms with E-state index in [9.17, 15) is 14.4 Å². The third-order valence-corrected chi connectivity index (χ3v) is 7.48. The average Bonchev–Trinajstić information content (AvgIpc) is 2.97. The lowest BCUT2D eigenvalue weighted by atomic mass is 9.86. The Kier molecular flexibility index (Phi) is 9.60. The Morgan fingerprint density at radius 3 is 2.05 bits per heavy atom. The van der Waals surface area contributed by atoms with Crippen molar-refractivity contribution in [2.45, 2.75) is 38.6 Å². The molecular weight excluding hydrogens is 627 g/mol. The van der Waals surface area contributed by atoms with Crippen LogP contribution in [0, 0.1) is 3.57 Å². The van der Waals surface area contributed by atoms with Gasteiger partial charge in [0.25, 0.3) is 11.8 Å². The number of esters is 1. The van der Waals surface area contributed by atoms with Gasteiger partial charge in [-0.05, 0) is 80.6 Å². The van der Waals surface area contributed by atoms with E-state index in [2.05, 4.69) is 54.0 Å². The summed E-state index contributed by atoms with van der Waals surface area (Å²) in [5.41, 5.74) is 5.12. The number of anilines is 1. The van der Waals surface area contributed by atoms with Crippen LogP contribution in [-0.4, -0.2) is 24.9 Å². The number of hydrogen-bond acceptors (Lipinski definition) is 4. The Morgan fingerprint density at radius 2 is 1.44 bits per heavy atom. The molecule has 2 N–H and O–H groups in total. The topological polar surface area (TPSA) is 84.5 Å². The molecule has 0 aliphatic heterocycles. The standard InChI is InChI=1S/C34H33IN2O4/c1-34(2,3)26-16-14-25(15-17-26)32(39)36-29-19-18-27(35)20-28(29)33(40)37-30(21-31(38)41-4)24-12-10-23(11-13-24)22-8-6-5-7-9-22/h5-20,30H,21H2,1-4H3,(H,36,39)(H,37,40). The van der Waals surface area contributed by atoms with Gasteiger partial charge in [0.15, 0.2) is 0 Å². The minimum atomic E-state index is -0.633. The van der Waals surface area contributed by atoms with Gasteiger partial charge in [0.05, 0.1) is 30.8 Å². The number of benzene rings is 4. The first-order chi connectivity index (χ1) is 19.5. The molecule has 1 unspecified atom stereocenters. The molecule has 0 saturated heterocycles. The fourth-order valence-corrected chi connectivity index (χ4v) is 4.90. The minimum absolute atomic E-state index is 0.0288. The van der Waals surface area contributed by atoms with Crippen LogP contribution in [0.15, 0.2) is 97.1 Å². The quantitative estimate of drug-likeness (QED) is 0.151. The summed E-state index contributed by atoms with van der Waals surface area (Å²) in [5.74, 6) is -1.18. The first-order valence-corrected chi connectivity index (χ1v) is 14.4. The van der Waals surface area contributed by atoms with Crippen molar-refractivity contribution in [3.05, 3.63) is 123 Å². The summed E-state index contributed by atoms with van der Waals surface area (Å²) in [6.45, 7) is 6.34. The van der Waals surface area contributed by atoms with Gasteiger partial charge in [0.1, 0.15) is 0 Å². The SMILES string of the molecule is COC(=O)CC(NC(=O)c1cc(I)ccc1NC(=O)c1ccc(C(C)(C)C)cc1)c1ccc(-c2ccccc2)cc1. The molecule has 210 valence electrons. The number of carbonyl (C=O) groups excluding carboxylic acids is 3. The second kappa shape index (κ2) is 13.1. The normalized spacial score (nSPS) is 11.8. The molecule has 0 aromatic heterocycles. The second-order valence-electron chi connectivity index (χ2n) is 10.8. The predicted octanol–water partition coefficient (Wildman–Crippen LogP) is 7.54. The zero-order valence-corrected chi connectivity index (χ0v) is 25.7. The first kappa shape index (κ1) is 30.0. The highest BCUT2D eigenvalue weighted by atomic mass is 127. The third-order valence-electron chi connectivity index (χ3n) is 6.81. The van der Waals surface area contributed by atoms with E-state index in [0.717, 1.165) is 25.8 Å². The van der Waals surface area contributed by atoms with E-state index >= 15 is 0 Å². The fraction of sp³-hybridized carbons (Fsp3) is 0.206. The Balaban J connectivity index is 1.57. The van der Waals surface area contributed by atoms with Gasteiger partial charge in [0.2, 0.25) is 0 Å². The summed E-state index contributed by atoms with van der Waals surface area (Å²) in [6.07, 6.45) is -0.0430. The lowest BCUT2D eigenvalue weighted by molar-refractivity contribution is -0.141. The Hall–Kier alpha value is -3.98. The van der Waals surface area contributed by atoms with Crippen LogP contribution in [0.4, 0.5) is 5.69 Å². The molecule has 6 nitrogen and oxygen atoms in total. The number of rotatable bonds is 8. The van der Waals surface area contributed by atoms with Gasteiger partial charge in [-0.3, -0.25) is 14.4 Å². The Bertz CT molecular complexity index is 1530. The summed E-state index contributed by atoms with van der Waals surface area (Å²) in [5, 5.41) is 5.87. The van der Waals surface area contributed by atoms with Crippen LogP contribution in [0.25, 0.3) is 11.1 Å². The van der Waals surface area contributed by atoms with E-state index in [4.69, 9.17) is 4.74 Å². The van der Waals surface area contributed by atoms with Gasteiger partial charge in [-0.15, -0.1) is 0 Å². The highest BCUT2D eigenvalue weighted by molar-refractivity contribution is 14.1. The lowest BCUT2D eigenvalue weighted by Gasteiger charge is -2.20. The molecule has 0 spiro atoms. The monoisotopic (exact) mass is 660 g/mol. The van der Waals surface area contributed by atoms with Crippen LogP contribution in [0.3, 0.4) is 0 Å². The summed E-state index contributed by atoms with van der Waals surface area (Å²) in [6, 6.07) is 29.7. The zero-order valence-electron chi connectivity index (χ0n) is 23.5. The molecule has 4 aromatic rings. The van der Waals surface area contributed by atoms with E-state index in [1.807, 2.05) is 72.8 Å². The molecule has 0 aliphatic carbocycles. The number of halogens is 1. The number of amides is 2. The lowest BCUT2D eigenvalue weighted by Crippen LogP contribution is -2.31. The number of hydrogen-bond donors (Lipinski definition) is 2. The second-order valence-corrected chi connectivity index (χ2v) is 12.0. The van der Waals surface area contributed by atoms with Gasteiger partial charge < -0.3 is 15.4 Å². The zero-order chi connectivity index (χ0) is 29.6. The van der Waals surface area contributed by atoms with Crippen molar-refractivity contribution >= 4 is 46.1 Å². The molecule has 4 rings (SSSR count). The minimum Gasteiger partial charge on any atom is -0.469 e. The van der Waals surface area contributed by atoms with Crippen LogP contribution < -0.4 is 10.6 Å². The molecular formula is C34H33IN2O4. The smallest absolute Gasteiger partial charge is 0.307 e. The summed E-state index contributed by atoms with van der Waals surface area (Å²) >= 11 is 2.13. The molecule has 0 aliphatic rings. The fourth-order valence-electron chi connectivity index (χ4n) is 4.41. The van der Waals surface area contributed by atoms with E-state index < -0.39 is 17.9 Å². The maximum atomic E-state index is 13.6. The molecule has 0 bridgehead atoms. The number of carbonyl (C=O) groups is 3. The Morgan fingerprint density at radius 1 is 0.805 bits per heavy atom. The van der Waals surface area contributed by atoms with Crippen molar-refractivity contribution in [3.8, 4) is 11.1 Å². The van der Waals surface area contributed by atoms with Gasteiger partial charge in [-0.1, -0.05) is 87.5 Å².